The predicted molar refractivity (Wildman–Crippen MR) is 118 cm³/mol. The van der Waals surface area contributed by atoms with Crippen LogP contribution in [0.4, 0.5) is 21.0 Å². The van der Waals surface area contributed by atoms with Gasteiger partial charge in [0.2, 0.25) is 5.91 Å². The van der Waals surface area contributed by atoms with Gasteiger partial charge in [-0.05, 0) is 54.8 Å². The third-order valence-electron chi connectivity index (χ3n) is 6.06. The molecule has 2 aromatic rings. The van der Waals surface area contributed by atoms with E-state index in [2.05, 4.69) is 5.32 Å². The maximum Gasteiger partial charge on any atom is 0.331 e. The molecule has 0 radical (unpaired) electrons. The van der Waals surface area contributed by atoms with Crippen LogP contribution in [-0.2, 0) is 16.1 Å². The number of urea groups is 2. The Morgan fingerprint density at radius 3 is 2.28 bits per heavy atom. The number of hydrogen-bond donors (Lipinski definition) is 2. The summed E-state index contributed by atoms with van der Waals surface area (Å²) in [6, 6.07) is 11.6. The Labute approximate surface area is 185 Å². The third-order valence-corrected chi connectivity index (χ3v) is 6.06. The topological polar surface area (TPSA) is 110 Å². The summed E-state index contributed by atoms with van der Waals surface area (Å²) in [5, 5.41) is 12.3. The molecule has 4 rings (SSSR count). The van der Waals surface area contributed by atoms with E-state index in [-0.39, 0.29) is 19.1 Å². The van der Waals surface area contributed by atoms with Gasteiger partial charge in [-0.2, -0.15) is 0 Å². The zero-order valence-corrected chi connectivity index (χ0v) is 17.9. The number of rotatable bonds is 5. The van der Waals surface area contributed by atoms with Gasteiger partial charge in [-0.25, -0.2) is 9.59 Å². The van der Waals surface area contributed by atoms with Crippen molar-refractivity contribution in [1.82, 2.24) is 10.2 Å². The molecule has 0 bridgehead atoms. The number of carboxylic acids is 1. The molecule has 9 nitrogen and oxygen atoms in total. The lowest BCUT2D eigenvalue weighted by molar-refractivity contribution is -0.150. The monoisotopic (exact) mass is 436 g/mol. The van der Waals surface area contributed by atoms with Gasteiger partial charge < -0.3 is 10.4 Å². The number of aliphatic carboxylic acids is 1. The van der Waals surface area contributed by atoms with Crippen LogP contribution < -0.4 is 15.1 Å². The highest BCUT2D eigenvalue weighted by Gasteiger charge is 2.43. The van der Waals surface area contributed by atoms with Gasteiger partial charge in [-0.3, -0.25) is 24.3 Å². The van der Waals surface area contributed by atoms with Crippen molar-refractivity contribution in [2.45, 2.75) is 20.4 Å². The van der Waals surface area contributed by atoms with Gasteiger partial charge in [0.05, 0.1) is 6.54 Å². The number of hydrogen-bond acceptors (Lipinski definition) is 4. The fourth-order valence-corrected chi connectivity index (χ4v) is 4.00. The van der Waals surface area contributed by atoms with E-state index in [0.717, 1.165) is 21.6 Å². The number of benzene rings is 2. The normalized spacial score (nSPS) is 18.9. The number of carbonyl (C=O) groups is 4. The highest BCUT2D eigenvalue weighted by Crippen LogP contribution is 2.28. The highest BCUT2D eigenvalue weighted by molar-refractivity contribution is 6.12. The lowest BCUT2D eigenvalue weighted by Gasteiger charge is -2.37. The molecule has 2 saturated heterocycles. The minimum Gasteiger partial charge on any atom is -0.481 e. The fraction of sp³-hybridized carbons (Fsp3) is 0.304. The van der Waals surface area contributed by atoms with Crippen LogP contribution in [0, 0.1) is 19.8 Å². The highest BCUT2D eigenvalue weighted by atomic mass is 16.4. The zero-order valence-electron chi connectivity index (χ0n) is 17.9. The van der Waals surface area contributed by atoms with Crippen LogP contribution in [0.1, 0.15) is 16.7 Å². The summed E-state index contributed by atoms with van der Waals surface area (Å²) >= 11 is 0. The molecule has 0 saturated carbocycles. The van der Waals surface area contributed by atoms with Gasteiger partial charge in [0.25, 0.3) is 0 Å². The first kappa shape index (κ1) is 21.4. The van der Waals surface area contributed by atoms with Crippen LogP contribution >= 0.6 is 0 Å². The Hall–Kier alpha value is -3.88. The molecule has 2 heterocycles. The van der Waals surface area contributed by atoms with Crippen LogP contribution in [0.3, 0.4) is 0 Å². The maximum atomic E-state index is 13.3. The molecule has 2 fully saturated rings. The van der Waals surface area contributed by atoms with Crippen molar-refractivity contribution in [3.8, 4) is 0 Å². The van der Waals surface area contributed by atoms with Gasteiger partial charge in [0, 0.05) is 31.0 Å². The van der Waals surface area contributed by atoms with Gasteiger partial charge in [-0.1, -0.05) is 18.2 Å². The van der Waals surface area contributed by atoms with Crippen LogP contribution in [-0.4, -0.2) is 53.6 Å². The van der Waals surface area contributed by atoms with E-state index in [1.165, 1.54) is 4.90 Å². The van der Waals surface area contributed by atoms with Crippen molar-refractivity contribution in [1.29, 1.82) is 0 Å². The van der Waals surface area contributed by atoms with E-state index in [0.29, 0.717) is 24.5 Å². The molecule has 2 N–H and O–H groups in total. The smallest absolute Gasteiger partial charge is 0.331 e. The van der Waals surface area contributed by atoms with Crippen molar-refractivity contribution in [3.05, 3.63) is 59.2 Å². The van der Waals surface area contributed by atoms with Crippen LogP contribution in [0.2, 0.25) is 0 Å². The van der Waals surface area contributed by atoms with Gasteiger partial charge in [-0.15, -0.1) is 0 Å². The number of aryl methyl sites for hydroxylation is 1. The average molecular weight is 436 g/mol. The van der Waals surface area contributed by atoms with Crippen molar-refractivity contribution >= 4 is 35.3 Å². The molecule has 0 spiro atoms. The fourth-order valence-electron chi connectivity index (χ4n) is 4.00. The number of anilines is 2. The first-order chi connectivity index (χ1) is 15.3. The van der Waals surface area contributed by atoms with Crippen LogP contribution in [0.15, 0.2) is 42.5 Å². The molecule has 2 aliphatic rings. The van der Waals surface area contributed by atoms with Crippen molar-refractivity contribution < 1.29 is 24.3 Å². The van der Waals surface area contributed by atoms with Gasteiger partial charge in [0.1, 0.15) is 0 Å². The summed E-state index contributed by atoms with van der Waals surface area (Å²) in [6.07, 6.45) is 0. The van der Waals surface area contributed by atoms with Crippen LogP contribution in [0.5, 0.6) is 0 Å². The number of carbonyl (C=O) groups excluding carboxylic acids is 3. The van der Waals surface area contributed by atoms with E-state index in [1.807, 2.05) is 32.0 Å². The molecule has 1 atom stereocenters. The Morgan fingerprint density at radius 1 is 1.03 bits per heavy atom. The summed E-state index contributed by atoms with van der Waals surface area (Å²) in [5.74, 6) is -3.35. The molecule has 2 aliphatic heterocycles. The summed E-state index contributed by atoms with van der Waals surface area (Å²) in [7, 11) is 0. The van der Waals surface area contributed by atoms with Crippen molar-refractivity contribution in [3.63, 3.8) is 0 Å². The Morgan fingerprint density at radius 2 is 1.69 bits per heavy atom. The van der Waals surface area contributed by atoms with Gasteiger partial charge in [0.15, 0.2) is 5.92 Å². The second kappa shape index (κ2) is 8.33. The second-order valence-corrected chi connectivity index (χ2v) is 7.97. The Balaban J connectivity index is 1.64. The largest absolute Gasteiger partial charge is 0.481 e. The number of nitrogens with one attached hydrogen (secondary N) is 1. The minimum atomic E-state index is -1.36. The SMILES string of the molecule is Cc1cccc(CN2C(=O)C(C(=O)O)CN(c3ccc(N4CCNC4=O)cc3)C2=O)c1C. The molecule has 9 heteroatoms. The average Bonchev–Trinajstić information content (AvgIpc) is 3.20. The molecular formula is C23H24N4O5. The number of carboxylic acid groups (broad SMARTS) is 1. The molecule has 166 valence electrons. The minimum absolute atomic E-state index is 0.00249. The second-order valence-electron chi connectivity index (χ2n) is 7.97. The number of imide groups is 1. The zero-order chi connectivity index (χ0) is 23.0. The molecular weight excluding hydrogens is 412 g/mol. The van der Waals surface area contributed by atoms with E-state index in [1.54, 1.807) is 29.2 Å². The lowest BCUT2D eigenvalue weighted by atomic mass is 10.0. The van der Waals surface area contributed by atoms with E-state index in [4.69, 9.17) is 0 Å². The van der Waals surface area contributed by atoms with E-state index < -0.39 is 23.8 Å². The summed E-state index contributed by atoms with van der Waals surface area (Å²) in [4.78, 5) is 53.7. The molecule has 32 heavy (non-hydrogen) atoms. The first-order valence-corrected chi connectivity index (χ1v) is 10.3. The third kappa shape index (κ3) is 3.77. The molecule has 0 aliphatic carbocycles. The standard InChI is InChI=1S/C23H24N4O5/c1-14-4-3-5-16(15(14)2)12-27-20(28)19(21(29)30)13-26(23(27)32)18-8-6-17(7-9-18)25-11-10-24-22(25)31/h3-9,19H,10-13H2,1-2H3,(H,24,31)(H,29,30). The maximum absolute atomic E-state index is 13.3. The van der Waals surface area contributed by atoms with Crippen molar-refractivity contribution in [2.75, 3.05) is 29.4 Å². The number of amides is 5. The van der Waals surface area contributed by atoms with E-state index >= 15 is 0 Å². The van der Waals surface area contributed by atoms with Crippen LogP contribution in [0.25, 0.3) is 0 Å². The molecule has 1 unspecified atom stereocenters. The summed E-state index contributed by atoms with van der Waals surface area (Å²) in [5.41, 5.74) is 3.89. The van der Waals surface area contributed by atoms with Crippen molar-refractivity contribution in [2.24, 2.45) is 5.92 Å². The Bertz CT molecular complexity index is 1100. The molecule has 2 aromatic carbocycles. The number of nitrogens with zero attached hydrogens (tertiary/aromatic N) is 3. The molecule has 0 aromatic heterocycles. The first-order valence-electron chi connectivity index (χ1n) is 10.3. The van der Waals surface area contributed by atoms with E-state index in [9.17, 15) is 24.3 Å². The lowest BCUT2D eigenvalue weighted by Crippen LogP contribution is -2.58. The molecule has 5 amide bonds. The van der Waals surface area contributed by atoms with Gasteiger partial charge >= 0.3 is 18.0 Å². The quantitative estimate of drug-likeness (QED) is 0.700. The summed E-state index contributed by atoms with van der Waals surface area (Å²) < 4.78 is 0. The summed E-state index contributed by atoms with van der Waals surface area (Å²) in [6.45, 7) is 4.69. The predicted octanol–water partition coefficient (Wildman–Crippen LogP) is 2.50. The Kier molecular flexibility index (Phi) is 5.56.